The number of allylic oxidation sites excluding steroid dienone is 2. The van der Waals surface area contributed by atoms with Crippen LogP contribution in [0, 0.1) is 23.2 Å². The van der Waals surface area contributed by atoms with E-state index in [1.54, 1.807) is 0 Å². The number of ketones is 2. The Bertz CT molecular complexity index is 778. The van der Waals surface area contributed by atoms with Gasteiger partial charge in [0, 0.05) is 19.3 Å². The molecule has 0 N–H and O–H groups in total. The van der Waals surface area contributed by atoms with Gasteiger partial charge in [-0.2, -0.15) is 0 Å². The molecule has 0 heterocycles. The summed E-state index contributed by atoms with van der Waals surface area (Å²) in [5, 5.41) is 0. The summed E-state index contributed by atoms with van der Waals surface area (Å²) in [4.78, 5) is 25.3. The van der Waals surface area contributed by atoms with Crippen LogP contribution in [0.1, 0.15) is 58.4 Å². The molecule has 3 nitrogen and oxygen atoms in total. The molecule has 0 amide bonds. The first-order valence-corrected chi connectivity index (χ1v) is 10.3. The molecule has 4 rings (SSSR count). The third-order valence-corrected chi connectivity index (χ3v) is 7.42. The minimum absolute atomic E-state index is 0.0282. The fraction of sp³-hybridized carbons (Fsp3) is 0.583. The number of carbonyl (C=O) groups excluding carboxylic acids is 2. The van der Waals surface area contributed by atoms with Crippen molar-refractivity contribution >= 4 is 11.6 Å². The van der Waals surface area contributed by atoms with Gasteiger partial charge in [0.2, 0.25) is 0 Å². The van der Waals surface area contributed by atoms with Crippen molar-refractivity contribution in [1.82, 2.24) is 0 Å². The number of benzene rings is 1. The standard InChI is InChI=1S/C24H30O3/c1-15-11-18(25)12-20-23(15)21(26)13-19-16(2)22(9-10-24(19,20)3)27-14-17-7-5-4-6-8-17/h4-8,15-16,19,22H,9-14H2,1-3H3/t15-,16-,19?,22-,24-/m0/s1. The second kappa shape index (κ2) is 7.01. The number of hydrogen-bond acceptors (Lipinski definition) is 3. The Morgan fingerprint density at radius 2 is 1.85 bits per heavy atom. The zero-order valence-corrected chi connectivity index (χ0v) is 16.7. The Hall–Kier alpha value is -1.74. The molecule has 1 aromatic rings. The van der Waals surface area contributed by atoms with Gasteiger partial charge in [0.15, 0.2) is 5.78 Å². The summed E-state index contributed by atoms with van der Waals surface area (Å²) in [5.41, 5.74) is 3.32. The molecular formula is C24H30O3. The topological polar surface area (TPSA) is 43.4 Å². The molecule has 0 radical (unpaired) electrons. The van der Waals surface area contributed by atoms with Gasteiger partial charge in [0.1, 0.15) is 5.78 Å². The maximum Gasteiger partial charge on any atom is 0.159 e. The monoisotopic (exact) mass is 366 g/mol. The highest BCUT2D eigenvalue weighted by Gasteiger charge is 2.53. The number of hydrogen-bond donors (Lipinski definition) is 0. The SMILES string of the molecule is C[C@H]1CC(=O)CC2=C1C(=O)CC1[C@H](C)[C@@H](OCc3ccccc3)CC[C@]21C. The second-order valence-corrected chi connectivity index (χ2v) is 9.10. The molecule has 0 aromatic heterocycles. The van der Waals surface area contributed by atoms with Crippen molar-refractivity contribution in [3.63, 3.8) is 0 Å². The van der Waals surface area contributed by atoms with Crippen LogP contribution in [-0.4, -0.2) is 17.7 Å². The first-order chi connectivity index (χ1) is 12.9. The highest BCUT2D eigenvalue weighted by molar-refractivity contribution is 6.01. The van der Waals surface area contributed by atoms with Crippen LogP contribution in [0.4, 0.5) is 0 Å². The van der Waals surface area contributed by atoms with Crippen molar-refractivity contribution in [2.75, 3.05) is 0 Å². The lowest BCUT2D eigenvalue weighted by molar-refractivity contribution is -0.127. The van der Waals surface area contributed by atoms with Crippen molar-refractivity contribution in [2.45, 2.75) is 65.6 Å². The van der Waals surface area contributed by atoms with Crippen LogP contribution in [0.5, 0.6) is 0 Å². The van der Waals surface area contributed by atoms with Crippen LogP contribution < -0.4 is 0 Å². The van der Waals surface area contributed by atoms with E-state index in [0.29, 0.717) is 37.6 Å². The third kappa shape index (κ3) is 3.20. The Labute approximate surface area is 162 Å². The van der Waals surface area contributed by atoms with Gasteiger partial charge >= 0.3 is 0 Å². The lowest BCUT2D eigenvalue weighted by atomic mass is 9.51. The second-order valence-electron chi connectivity index (χ2n) is 9.10. The van der Waals surface area contributed by atoms with Gasteiger partial charge in [-0.25, -0.2) is 0 Å². The Morgan fingerprint density at radius 1 is 1.11 bits per heavy atom. The lowest BCUT2D eigenvalue weighted by Crippen LogP contribution is -2.50. The van der Waals surface area contributed by atoms with E-state index in [0.717, 1.165) is 18.4 Å². The molecule has 3 aliphatic rings. The lowest BCUT2D eigenvalue weighted by Gasteiger charge is -2.53. The van der Waals surface area contributed by atoms with Crippen LogP contribution in [0.3, 0.4) is 0 Å². The van der Waals surface area contributed by atoms with Gasteiger partial charge in [-0.05, 0) is 52.7 Å². The van der Waals surface area contributed by atoms with Crippen molar-refractivity contribution < 1.29 is 14.3 Å². The van der Waals surface area contributed by atoms with E-state index in [1.807, 2.05) is 25.1 Å². The zero-order valence-electron chi connectivity index (χ0n) is 16.7. The molecule has 27 heavy (non-hydrogen) atoms. The Balaban J connectivity index is 1.56. The van der Waals surface area contributed by atoms with Gasteiger partial charge in [-0.15, -0.1) is 0 Å². The van der Waals surface area contributed by atoms with Gasteiger partial charge in [-0.1, -0.05) is 51.1 Å². The summed E-state index contributed by atoms with van der Waals surface area (Å²) in [5.74, 6) is 1.26. The van der Waals surface area contributed by atoms with Gasteiger partial charge in [0.25, 0.3) is 0 Å². The minimum atomic E-state index is -0.0282. The molecule has 1 saturated carbocycles. The third-order valence-electron chi connectivity index (χ3n) is 7.42. The molecule has 0 spiro atoms. The molecule has 3 heteroatoms. The summed E-state index contributed by atoms with van der Waals surface area (Å²) < 4.78 is 6.29. The molecule has 1 aromatic carbocycles. The zero-order chi connectivity index (χ0) is 19.2. The molecule has 0 aliphatic heterocycles. The van der Waals surface area contributed by atoms with Crippen LogP contribution in [0.25, 0.3) is 0 Å². The number of Topliss-reactive ketones (excluding diaryl/α,β-unsaturated/α-hetero) is 2. The predicted octanol–water partition coefficient (Wildman–Crippen LogP) is 4.89. The molecule has 1 unspecified atom stereocenters. The number of carbonyl (C=O) groups is 2. The highest BCUT2D eigenvalue weighted by Crippen LogP contribution is 2.57. The Kier molecular flexibility index (Phi) is 4.84. The molecule has 0 bridgehead atoms. The van der Waals surface area contributed by atoms with Gasteiger partial charge < -0.3 is 4.74 Å². The van der Waals surface area contributed by atoms with E-state index in [-0.39, 0.29) is 29.1 Å². The summed E-state index contributed by atoms with van der Waals surface area (Å²) >= 11 is 0. The molecule has 144 valence electrons. The first kappa shape index (κ1) is 18.6. The number of fused-ring (bicyclic) bond motifs is 2. The van der Waals surface area contributed by atoms with Crippen molar-refractivity contribution in [1.29, 1.82) is 0 Å². The summed E-state index contributed by atoms with van der Waals surface area (Å²) in [6, 6.07) is 10.3. The summed E-state index contributed by atoms with van der Waals surface area (Å²) in [7, 11) is 0. The molecule has 5 atom stereocenters. The van der Waals surface area contributed by atoms with E-state index in [9.17, 15) is 9.59 Å². The maximum absolute atomic E-state index is 13.0. The fourth-order valence-electron chi connectivity index (χ4n) is 5.90. The largest absolute Gasteiger partial charge is 0.373 e. The minimum Gasteiger partial charge on any atom is -0.373 e. The average Bonchev–Trinajstić information content (AvgIpc) is 2.64. The number of rotatable bonds is 3. The summed E-state index contributed by atoms with van der Waals surface area (Å²) in [6.45, 7) is 7.21. The maximum atomic E-state index is 13.0. The van der Waals surface area contributed by atoms with E-state index in [2.05, 4.69) is 26.0 Å². The van der Waals surface area contributed by atoms with E-state index >= 15 is 0 Å². The van der Waals surface area contributed by atoms with Crippen molar-refractivity contribution in [3.8, 4) is 0 Å². The number of ether oxygens (including phenoxy) is 1. The molecular weight excluding hydrogens is 336 g/mol. The predicted molar refractivity (Wildman–Crippen MR) is 105 cm³/mol. The molecule has 3 aliphatic carbocycles. The van der Waals surface area contributed by atoms with Crippen LogP contribution in [0.2, 0.25) is 0 Å². The first-order valence-electron chi connectivity index (χ1n) is 10.3. The highest BCUT2D eigenvalue weighted by atomic mass is 16.5. The van der Waals surface area contributed by atoms with E-state index in [4.69, 9.17) is 4.74 Å². The molecule has 0 saturated heterocycles. The quantitative estimate of drug-likeness (QED) is 0.765. The smallest absolute Gasteiger partial charge is 0.159 e. The Morgan fingerprint density at radius 3 is 2.59 bits per heavy atom. The van der Waals surface area contributed by atoms with Crippen molar-refractivity contribution in [3.05, 3.63) is 47.0 Å². The van der Waals surface area contributed by atoms with Crippen LogP contribution >= 0.6 is 0 Å². The van der Waals surface area contributed by atoms with Crippen LogP contribution in [-0.2, 0) is 20.9 Å². The normalized spacial score (nSPS) is 36.4. The average molecular weight is 367 g/mol. The van der Waals surface area contributed by atoms with E-state index in [1.165, 1.54) is 11.1 Å². The van der Waals surface area contributed by atoms with Gasteiger partial charge in [0.05, 0.1) is 12.7 Å². The molecule has 1 fully saturated rings. The van der Waals surface area contributed by atoms with Gasteiger partial charge in [-0.3, -0.25) is 9.59 Å². The fourth-order valence-corrected chi connectivity index (χ4v) is 5.90. The summed E-state index contributed by atoms with van der Waals surface area (Å²) in [6.07, 6.45) is 3.81. The van der Waals surface area contributed by atoms with Crippen LogP contribution in [0.15, 0.2) is 41.5 Å². The van der Waals surface area contributed by atoms with E-state index < -0.39 is 0 Å². The van der Waals surface area contributed by atoms with Crippen molar-refractivity contribution in [2.24, 2.45) is 23.2 Å².